The third kappa shape index (κ3) is 3.35. The normalized spacial score (nSPS) is 14.2. The van der Waals surface area contributed by atoms with E-state index in [1.807, 2.05) is 18.7 Å². The number of hydrogen-bond donors (Lipinski definition) is 0. The monoisotopic (exact) mass is 361 g/mol. The Morgan fingerprint density at radius 3 is 2.79 bits per heavy atom. The van der Waals surface area contributed by atoms with Gasteiger partial charge in [-0.05, 0) is 52.5 Å². The summed E-state index contributed by atoms with van der Waals surface area (Å²) in [5.74, 6) is 1.36. The Balaban J connectivity index is 1.81. The van der Waals surface area contributed by atoms with Crippen LogP contribution < -0.4 is 0 Å². The molecular weight excluding hydrogens is 338 g/mol. The number of thiophene rings is 1. The molecule has 2 heterocycles. The van der Waals surface area contributed by atoms with Gasteiger partial charge in [-0.25, -0.2) is 9.97 Å². The highest BCUT2D eigenvalue weighted by molar-refractivity contribution is 8.00. The standard InChI is InChI=1S/C18H23N3OS2/c1-5-21(14-8-6-7-9-14)15(22)10-23-17-16-11(2)12(3)24-18(16)20-13(4)19-17/h8H,5-7,9-10H2,1-4H3. The molecule has 1 aliphatic carbocycles. The summed E-state index contributed by atoms with van der Waals surface area (Å²) in [6.45, 7) is 8.92. The van der Waals surface area contributed by atoms with Crippen LogP contribution in [0.25, 0.3) is 10.2 Å². The van der Waals surface area contributed by atoms with Crippen molar-refractivity contribution in [1.82, 2.24) is 14.9 Å². The number of carbonyl (C=O) groups is 1. The van der Waals surface area contributed by atoms with E-state index >= 15 is 0 Å². The number of rotatable bonds is 5. The van der Waals surface area contributed by atoms with Gasteiger partial charge in [0.25, 0.3) is 0 Å². The number of amides is 1. The second-order valence-electron chi connectivity index (χ2n) is 6.05. The molecule has 0 aliphatic heterocycles. The molecule has 0 bridgehead atoms. The zero-order chi connectivity index (χ0) is 17.3. The van der Waals surface area contributed by atoms with E-state index in [0.29, 0.717) is 5.75 Å². The van der Waals surface area contributed by atoms with Gasteiger partial charge in [0.1, 0.15) is 15.7 Å². The van der Waals surface area contributed by atoms with Crippen LogP contribution in [0.5, 0.6) is 0 Å². The van der Waals surface area contributed by atoms with Crippen molar-refractivity contribution in [3.63, 3.8) is 0 Å². The average Bonchev–Trinajstić information content (AvgIpc) is 3.15. The quantitative estimate of drug-likeness (QED) is 0.575. The van der Waals surface area contributed by atoms with Crippen molar-refractivity contribution in [3.05, 3.63) is 28.0 Å². The van der Waals surface area contributed by atoms with Crippen molar-refractivity contribution in [2.75, 3.05) is 12.3 Å². The molecule has 0 spiro atoms. The molecule has 3 rings (SSSR count). The molecule has 6 heteroatoms. The maximum Gasteiger partial charge on any atom is 0.237 e. The number of aromatic nitrogens is 2. The molecule has 0 saturated heterocycles. The zero-order valence-corrected chi connectivity index (χ0v) is 16.3. The third-order valence-electron chi connectivity index (χ3n) is 4.42. The maximum atomic E-state index is 12.7. The minimum Gasteiger partial charge on any atom is -0.316 e. The lowest BCUT2D eigenvalue weighted by molar-refractivity contribution is -0.126. The van der Waals surface area contributed by atoms with Crippen molar-refractivity contribution >= 4 is 39.2 Å². The van der Waals surface area contributed by atoms with Crippen LogP contribution in [0.15, 0.2) is 16.8 Å². The number of aryl methyl sites for hydroxylation is 3. The fourth-order valence-corrected chi connectivity index (χ4v) is 5.21. The van der Waals surface area contributed by atoms with Crippen LogP contribution in [0.4, 0.5) is 0 Å². The van der Waals surface area contributed by atoms with Crippen LogP contribution in [0.3, 0.4) is 0 Å². The lowest BCUT2D eigenvalue weighted by Gasteiger charge is -2.22. The molecule has 1 aliphatic rings. The predicted octanol–water partition coefficient (Wildman–Crippen LogP) is 4.62. The van der Waals surface area contributed by atoms with Gasteiger partial charge in [-0.1, -0.05) is 17.8 Å². The van der Waals surface area contributed by atoms with E-state index in [2.05, 4.69) is 29.9 Å². The van der Waals surface area contributed by atoms with Gasteiger partial charge in [-0.3, -0.25) is 4.79 Å². The summed E-state index contributed by atoms with van der Waals surface area (Å²) in [6.07, 6.45) is 5.46. The smallest absolute Gasteiger partial charge is 0.237 e. The first-order chi connectivity index (χ1) is 11.5. The maximum absolute atomic E-state index is 12.7. The molecule has 2 aromatic rings. The number of carbonyl (C=O) groups excluding carboxylic acids is 1. The van der Waals surface area contributed by atoms with E-state index in [-0.39, 0.29) is 5.91 Å². The molecule has 0 radical (unpaired) electrons. The molecule has 0 saturated carbocycles. The van der Waals surface area contributed by atoms with Gasteiger partial charge < -0.3 is 4.90 Å². The van der Waals surface area contributed by atoms with Crippen LogP contribution in [0, 0.1) is 20.8 Å². The van der Waals surface area contributed by atoms with Crippen molar-refractivity contribution in [3.8, 4) is 0 Å². The van der Waals surface area contributed by atoms with Gasteiger partial charge in [-0.2, -0.15) is 0 Å². The van der Waals surface area contributed by atoms with E-state index in [1.54, 1.807) is 11.3 Å². The second-order valence-corrected chi connectivity index (χ2v) is 8.22. The molecule has 2 aromatic heterocycles. The van der Waals surface area contributed by atoms with Crippen LogP contribution in [0.2, 0.25) is 0 Å². The summed E-state index contributed by atoms with van der Waals surface area (Å²) in [6, 6.07) is 0. The van der Waals surface area contributed by atoms with Gasteiger partial charge in [0.05, 0.1) is 5.75 Å². The highest BCUT2D eigenvalue weighted by Crippen LogP contribution is 2.35. The number of thioether (sulfide) groups is 1. The third-order valence-corrected chi connectivity index (χ3v) is 6.48. The largest absolute Gasteiger partial charge is 0.316 e. The Hall–Kier alpha value is -1.40. The van der Waals surface area contributed by atoms with Crippen LogP contribution in [-0.2, 0) is 4.79 Å². The highest BCUT2D eigenvalue weighted by atomic mass is 32.2. The number of hydrogen-bond acceptors (Lipinski definition) is 5. The first-order valence-corrected chi connectivity index (χ1v) is 10.2. The molecule has 0 N–H and O–H groups in total. The van der Waals surface area contributed by atoms with Crippen molar-refractivity contribution < 1.29 is 4.79 Å². The lowest BCUT2D eigenvalue weighted by atomic mass is 10.2. The summed E-state index contributed by atoms with van der Waals surface area (Å²) in [7, 11) is 0. The summed E-state index contributed by atoms with van der Waals surface area (Å²) >= 11 is 3.24. The summed E-state index contributed by atoms with van der Waals surface area (Å²) < 4.78 is 0. The lowest BCUT2D eigenvalue weighted by Crippen LogP contribution is -2.31. The van der Waals surface area contributed by atoms with Crippen LogP contribution in [-0.4, -0.2) is 33.1 Å². The molecule has 0 fully saturated rings. The molecule has 0 aromatic carbocycles. The Morgan fingerprint density at radius 1 is 1.33 bits per heavy atom. The molecule has 24 heavy (non-hydrogen) atoms. The van der Waals surface area contributed by atoms with Gasteiger partial charge in [0.2, 0.25) is 5.91 Å². The molecular formula is C18H23N3OS2. The Kier molecular flexibility index (Phi) is 5.25. The van der Waals surface area contributed by atoms with Gasteiger partial charge in [-0.15, -0.1) is 11.3 Å². The molecule has 4 nitrogen and oxygen atoms in total. The molecule has 0 atom stereocenters. The number of nitrogens with zero attached hydrogens (tertiary/aromatic N) is 3. The van der Waals surface area contributed by atoms with Crippen molar-refractivity contribution in [2.24, 2.45) is 0 Å². The van der Waals surface area contributed by atoms with Crippen LogP contribution in [0.1, 0.15) is 42.5 Å². The van der Waals surface area contributed by atoms with Gasteiger partial charge in [0, 0.05) is 22.5 Å². The molecule has 1 amide bonds. The molecule has 128 valence electrons. The minimum atomic E-state index is 0.171. The Labute approximate surface area is 151 Å². The zero-order valence-electron chi connectivity index (χ0n) is 14.7. The SMILES string of the molecule is CCN(C(=O)CSc1nc(C)nc2sc(C)c(C)c12)C1=CCCC1. The topological polar surface area (TPSA) is 46.1 Å². The number of fused-ring (bicyclic) bond motifs is 1. The summed E-state index contributed by atoms with van der Waals surface area (Å²) in [4.78, 5) is 26.0. The predicted molar refractivity (Wildman–Crippen MR) is 102 cm³/mol. The highest BCUT2D eigenvalue weighted by Gasteiger charge is 2.20. The van der Waals surface area contributed by atoms with E-state index in [9.17, 15) is 4.79 Å². The molecule has 0 unspecified atom stereocenters. The summed E-state index contributed by atoms with van der Waals surface area (Å²) in [5.41, 5.74) is 2.42. The van der Waals surface area contributed by atoms with E-state index in [1.165, 1.54) is 27.9 Å². The van der Waals surface area contributed by atoms with Crippen molar-refractivity contribution in [1.29, 1.82) is 0 Å². The fourth-order valence-electron chi connectivity index (χ4n) is 3.07. The van der Waals surface area contributed by atoms with Gasteiger partial charge in [0.15, 0.2) is 0 Å². The van der Waals surface area contributed by atoms with E-state index in [4.69, 9.17) is 0 Å². The second kappa shape index (κ2) is 7.23. The minimum absolute atomic E-state index is 0.171. The van der Waals surface area contributed by atoms with Crippen molar-refractivity contribution in [2.45, 2.75) is 52.0 Å². The van der Waals surface area contributed by atoms with E-state index in [0.717, 1.165) is 46.9 Å². The summed E-state index contributed by atoms with van der Waals surface area (Å²) in [5, 5.41) is 2.05. The Bertz CT molecular complexity index is 810. The fraction of sp³-hybridized carbons (Fsp3) is 0.500. The first kappa shape index (κ1) is 17.4. The average molecular weight is 362 g/mol. The van der Waals surface area contributed by atoms with Gasteiger partial charge >= 0.3 is 0 Å². The Morgan fingerprint density at radius 2 is 2.12 bits per heavy atom. The first-order valence-electron chi connectivity index (χ1n) is 8.37. The van der Waals surface area contributed by atoms with E-state index < -0.39 is 0 Å². The number of allylic oxidation sites excluding steroid dienone is 2. The van der Waals surface area contributed by atoms with Crippen LogP contribution >= 0.6 is 23.1 Å².